The molecule has 9 heteroatoms. The average Bonchev–Trinajstić information content (AvgIpc) is 3.15. The number of anilines is 1. The molecule has 0 saturated carbocycles. The van der Waals surface area contributed by atoms with Gasteiger partial charge in [-0.25, -0.2) is 13.8 Å². The van der Waals surface area contributed by atoms with E-state index < -0.39 is 22.5 Å². The van der Waals surface area contributed by atoms with Crippen molar-refractivity contribution in [3.63, 3.8) is 0 Å². The van der Waals surface area contributed by atoms with Gasteiger partial charge in [-0.05, 0) is 93.4 Å². The fraction of sp³-hybridized carbons (Fsp3) is 0.172. The second-order valence-corrected chi connectivity index (χ2v) is 11.4. The van der Waals surface area contributed by atoms with E-state index in [1.807, 2.05) is 19.9 Å². The van der Waals surface area contributed by atoms with Crippen LogP contribution in [-0.2, 0) is 14.8 Å². The number of rotatable bonds is 8. The summed E-state index contributed by atoms with van der Waals surface area (Å²) in [6, 6.07) is 22.6. The molecule has 196 valence electrons. The molecule has 0 unspecified atom stereocenters. The summed E-state index contributed by atoms with van der Waals surface area (Å²) >= 11 is 5.99. The second kappa shape index (κ2) is 11.2. The van der Waals surface area contributed by atoms with E-state index in [2.05, 4.69) is 47.1 Å². The predicted octanol–water partition coefficient (Wildman–Crippen LogP) is 5.71. The molecule has 0 fully saturated rings. The van der Waals surface area contributed by atoms with Crippen LogP contribution in [-0.4, -0.2) is 31.7 Å². The fourth-order valence-electron chi connectivity index (χ4n) is 4.38. The summed E-state index contributed by atoms with van der Waals surface area (Å²) in [6.45, 7) is 7.67. The van der Waals surface area contributed by atoms with Gasteiger partial charge in [0.2, 0.25) is 0 Å². The quantitative estimate of drug-likeness (QED) is 0.226. The van der Waals surface area contributed by atoms with Crippen molar-refractivity contribution in [1.82, 2.24) is 9.99 Å². The lowest BCUT2D eigenvalue weighted by molar-refractivity contribution is -0.119. The summed E-state index contributed by atoms with van der Waals surface area (Å²) in [5, 5.41) is 4.58. The van der Waals surface area contributed by atoms with Crippen molar-refractivity contribution in [2.75, 3.05) is 10.8 Å². The topological polar surface area (TPSA) is 83.8 Å². The third-order valence-electron chi connectivity index (χ3n) is 6.06. The van der Waals surface area contributed by atoms with Gasteiger partial charge in [0.15, 0.2) is 0 Å². The zero-order chi connectivity index (χ0) is 27.4. The molecule has 0 aliphatic rings. The summed E-state index contributed by atoms with van der Waals surface area (Å²) in [5.74, 6) is -0.584. The van der Waals surface area contributed by atoms with Gasteiger partial charge in [-0.15, -0.1) is 0 Å². The Balaban J connectivity index is 1.55. The minimum Gasteiger partial charge on any atom is -0.318 e. The lowest BCUT2D eigenvalue weighted by Gasteiger charge is -2.23. The molecule has 4 aromatic rings. The van der Waals surface area contributed by atoms with E-state index >= 15 is 0 Å². The van der Waals surface area contributed by atoms with Crippen LogP contribution in [0, 0.1) is 27.7 Å². The first-order valence-corrected chi connectivity index (χ1v) is 13.8. The van der Waals surface area contributed by atoms with Gasteiger partial charge in [-0.3, -0.25) is 9.10 Å². The summed E-state index contributed by atoms with van der Waals surface area (Å²) in [5.41, 5.74) is 9.03. The molecule has 0 atom stereocenters. The van der Waals surface area contributed by atoms with Gasteiger partial charge in [0.25, 0.3) is 15.9 Å². The van der Waals surface area contributed by atoms with E-state index in [1.165, 1.54) is 23.3 Å². The number of carbonyl (C=O) groups is 1. The number of amides is 1. The number of carbonyl (C=O) groups excluding carboxylic acids is 1. The van der Waals surface area contributed by atoms with E-state index in [0.29, 0.717) is 10.7 Å². The molecule has 7 nitrogen and oxygen atoms in total. The maximum Gasteiger partial charge on any atom is 0.264 e. The number of nitrogens with zero attached hydrogens (tertiary/aromatic N) is 3. The van der Waals surface area contributed by atoms with Crippen molar-refractivity contribution in [2.24, 2.45) is 5.10 Å². The van der Waals surface area contributed by atoms with Crippen molar-refractivity contribution in [3.8, 4) is 5.69 Å². The van der Waals surface area contributed by atoms with E-state index in [1.54, 1.807) is 48.7 Å². The number of halogens is 1. The second-order valence-electron chi connectivity index (χ2n) is 9.10. The fourth-order valence-corrected chi connectivity index (χ4v) is 5.95. The van der Waals surface area contributed by atoms with Gasteiger partial charge in [0.1, 0.15) is 6.54 Å². The number of aromatic nitrogens is 1. The van der Waals surface area contributed by atoms with Crippen molar-refractivity contribution >= 4 is 39.4 Å². The van der Waals surface area contributed by atoms with Crippen molar-refractivity contribution in [1.29, 1.82) is 0 Å². The number of hydrazone groups is 1. The van der Waals surface area contributed by atoms with E-state index in [-0.39, 0.29) is 4.90 Å². The molecule has 0 aliphatic heterocycles. The first-order chi connectivity index (χ1) is 18.1. The highest BCUT2D eigenvalue weighted by molar-refractivity contribution is 7.92. The van der Waals surface area contributed by atoms with Crippen LogP contribution in [0.15, 0.2) is 88.9 Å². The molecule has 3 aromatic carbocycles. The molecule has 4 rings (SSSR count). The molecule has 1 aromatic heterocycles. The van der Waals surface area contributed by atoms with E-state index in [9.17, 15) is 13.2 Å². The Hall–Kier alpha value is -3.88. The Labute approximate surface area is 228 Å². The molecule has 1 amide bonds. The minimum absolute atomic E-state index is 0.0741. The number of benzene rings is 3. The van der Waals surface area contributed by atoms with Gasteiger partial charge in [-0.1, -0.05) is 35.9 Å². The average molecular weight is 549 g/mol. The lowest BCUT2D eigenvalue weighted by atomic mass is 10.1. The zero-order valence-corrected chi connectivity index (χ0v) is 23.2. The number of sulfonamides is 1. The Kier molecular flexibility index (Phi) is 8.04. The SMILES string of the molecule is Cc1cc(C)cc(-n2c(C)cc(/C=N/NC(=O)CN(c3ccc(Cl)cc3)S(=O)(=O)c3ccccc3)c2C)c1. The number of hydrogen-bond donors (Lipinski definition) is 1. The number of aryl methyl sites for hydroxylation is 3. The van der Waals surface area contributed by atoms with Gasteiger partial charge in [0.05, 0.1) is 16.8 Å². The monoisotopic (exact) mass is 548 g/mol. The molecule has 38 heavy (non-hydrogen) atoms. The van der Waals surface area contributed by atoms with Crippen LogP contribution in [0.1, 0.15) is 28.1 Å². The molecule has 0 saturated heterocycles. The summed E-state index contributed by atoms with van der Waals surface area (Å²) < 4.78 is 29.9. The maximum absolute atomic E-state index is 13.4. The summed E-state index contributed by atoms with van der Waals surface area (Å²) in [7, 11) is -4.01. The van der Waals surface area contributed by atoms with E-state index in [0.717, 1.165) is 26.9 Å². The van der Waals surface area contributed by atoms with Crippen molar-refractivity contribution in [3.05, 3.63) is 112 Å². The smallest absolute Gasteiger partial charge is 0.264 e. The number of nitrogens with one attached hydrogen (secondary N) is 1. The Morgan fingerprint density at radius 1 is 0.947 bits per heavy atom. The predicted molar refractivity (Wildman–Crippen MR) is 153 cm³/mol. The lowest BCUT2D eigenvalue weighted by Crippen LogP contribution is -2.39. The molecule has 0 spiro atoms. The molecule has 1 N–H and O–H groups in total. The highest BCUT2D eigenvalue weighted by Gasteiger charge is 2.27. The molecule has 1 heterocycles. The normalized spacial score (nSPS) is 11.6. The highest BCUT2D eigenvalue weighted by Crippen LogP contribution is 2.25. The molecule has 0 bridgehead atoms. The first-order valence-electron chi connectivity index (χ1n) is 12.0. The van der Waals surface area contributed by atoms with Gasteiger partial charge in [-0.2, -0.15) is 5.10 Å². The molecule has 0 radical (unpaired) electrons. The van der Waals surface area contributed by atoms with Crippen molar-refractivity contribution < 1.29 is 13.2 Å². The molecular weight excluding hydrogens is 520 g/mol. The third kappa shape index (κ3) is 5.98. The van der Waals surface area contributed by atoms with Crippen LogP contribution in [0.3, 0.4) is 0 Å². The highest BCUT2D eigenvalue weighted by atomic mass is 35.5. The van der Waals surface area contributed by atoms with E-state index in [4.69, 9.17) is 11.6 Å². The van der Waals surface area contributed by atoms with Crippen LogP contribution >= 0.6 is 11.6 Å². The van der Waals surface area contributed by atoms with Crippen molar-refractivity contribution in [2.45, 2.75) is 32.6 Å². The largest absolute Gasteiger partial charge is 0.318 e. The standard InChI is InChI=1S/C29H29ClN4O3S/c1-20-14-21(2)16-27(15-20)34-22(3)17-24(23(34)4)18-31-32-29(35)19-33(26-12-10-25(30)11-13-26)38(36,37)28-8-6-5-7-9-28/h5-18H,19H2,1-4H3,(H,32,35)/b31-18+. The molecule has 0 aliphatic carbocycles. The molecular formula is C29H29ClN4O3S. The maximum atomic E-state index is 13.4. The van der Waals surface area contributed by atoms with Gasteiger partial charge < -0.3 is 4.57 Å². The van der Waals surface area contributed by atoms with Gasteiger partial charge >= 0.3 is 0 Å². The van der Waals surface area contributed by atoms with Crippen LogP contribution in [0.25, 0.3) is 5.69 Å². The third-order valence-corrected chi connectivity index (χ3v) is 8.10. The summed E-state index contributed by atoms with van der Waals surface area (Å²) in [4.78, 5) is 12.9. The minimum atomic E-state index is -4.01. The Bertz CT molecular complexity index is 1570. The van der Waals surface area contributed by atoms with Crippen LogP contribution in [0.2, 0.25) is 5.02 Å². The zero-order valence-electron chi connectivity index (χ0n) is 21.6. The Morgan fingerprint density at radius 3 is 2.21 bits per heavy atom. The van der Waals surface area contributed by atoms with Gasteiger partial charge in [0, 0.05) is 27.7 Å². The number of hydrogen-bond acceptors (Lipinski definition) is 4. The van der Waals surface area contributed by atoms with Crippen LogP contribution < -0.4 is 9.73 Å². The van der Waals surface area contributed by atoms with Crippen LogP contribution in [0.5, 0.6) is 0 Å². The summed E-state index contributed by atoms with van der Waals surface area (Å²) in [6.07, 6.45) is 1.57. The first kappa shape index (κ1) is 27.2. The van der Waals surface area contributed by atoms with Crippen LogP contribution in [0.4, 0.5) is 5.69 Å². The Morgan fingerprint density at radius 2 is 1.58 bits per heavy atom.